The van der Waals surface area contributed by atoms with Gasteiger partial charge in [-0.3, -0.25) is 0 Å². The second-order valence-electron chi connectivity index (χ2n) is 2.55. The molecular formula is C11H12O2Se. The molecule has 0 saturated carbocycles. The van der Waals surface area contributed by atoms with E-state index in [2.05, 4.69) is 16.9 Å². The second-order valence-corrected chi connectivity index (χ2v) is 4.84. The Morgan fingerprint density at radius 3 is 2.79 bits per heavy atom. The number of hydrogen-bond acceptors (Lipinski definition) is 2. The van der Waals surface area contributed by atoms with E-state index in [9.17, 15) is 4.79 Å². The quantitative estimate of drug-likeness (QED) is 0.458. The molecule has 0 atom stereocenters. The third-order valence-electron chi connectivity index (χ3n) is 1.54. The van der Waals surface area contributed by atoms with Gasteiger partial charge in [0.1, 0.15) is 0 Å². The number of allylic oxidation sites excluding steroid dienone is 1. The number of ether oxygens (including phenoxy) is 1. The molecule has 74 valence electrons. The Morgan fingerprint density at radius 2 is 2.14 bits per heavy atom. The molecule has 0 unspecified atom stereocenters. The number of benzene rings is 1. The van der Waals surface area contributed by atoms with Crippen LogP contribution in [0.2, 0.25) is 5.32 Å². The summed E-state index contributed by atoms with van der Waals surface area (Å²) in [6.45, 7) is 0. The molecule has 0 fully saturated rings. The second kappa shape index (κ2) is 6.41. The van der Waals surface area contributed by atoms with E-state index >= 15 is 0 Å². The monoisotopic (exact) mass is 256 g/mol. The first-order valence-corrected chi connectivity index (χ1v) is 6.32. The van der Waals surface area contributed by atoms with Crippen molar-refractivity contribution in [2.45, 2.75) is 5.32 Å². The fraction of sp³-hybridized carbons (Fsp3) is 0.182. The topological polar surface area (TPSA) is 26.3 Å². The van der Waals surface area contributed by atoms with Crippen molar-refractivity contribution in [3.8, 4) is 0 Å². The summed E-state index contributed by atoms with van der Waals surface area (Å²) in [4.78, 5) is 10.7. The molecule has 0 aliphatic carbocycles. The van der Waals surface area contributed by atoms with E-state index in [4.69, 9.17) is 0 Å². The molecule has 0 aromatic heterocycles. The molecule has 14 heavy (non-hydrogen) atoms. The molecule has 1 aromatic carbocycles. The number of hydrogen-bond donors (Lipinski definition) is 0. The van der Waals surface area contributed by atoms with Crippen LogP contribution in [0.3, 0.4) is 0 Å². The SMILES string of the molecule is COC(=O)C=CC[Se]c1ccccc1. The third-order valence-corrected chi connectivity index (χ3v) is 3.57. The van der Waals surface area contributed by atoms with E-state index in [1.165, 1.54) is 17.6 Å². The Kier molecular flexibility index (Phi) is 5.05. The summed E-state index contributed by atoms with van der Waals surface area (Å²) in [6, 6.07) is 10.3. The Hall–Kier alpha value is -1.05. The maximum atomic E-state index is 10.7. The van der Waals surface area contributed by atoms with Crippen LogP contribution in [0.15, 0.2) is 42.5 Å². The summed E-state index contributed by atoms with van der Waals surface area (Å²) in [6.07, 6.45) is 3.34. The van der Waals surface area contributed by atoms with Crippen molar-refractivity contribution in [3.63, 3.8) is 0 Å². The number of methoxy groups -OCH3 is 1. The van der Waals surface area contributed by atoms with Crippen LogP contribution < -0.4 is 4.46 Å². The summed E-state index contributed by atoms with van der Waals surface area (Å²) in [5.74, 6) is -0.283. The fourth-order valence-corrected chi connectivity index (χ4v) is 2.41. The number of carbonyl (C=O) groups is 1. The van der Waals surface area contributed by atoms with Crippen LogP contribution in [-0.2, 0) is 9.53 Å². The minimum atomic E-state index is -0.283. The van der Waals surface area contributed by atoms with E-state index in [1.807, 2.05) is 24.3 Å². The zero-order valence-corrected chi connectivity index (χ0v) is 9.69. The van der Waals surface area contributed by atoms with Gasteiger partial charge in [0.05, 0.1) is 0 Å². The normalized spacial score (nSPS) is 10.4. The molecule has 0 saturated heterocycles. The molecule has 0 heterocycles. The Morgan fingerprint density at radius 1 is 1.43 bits per heavy atom. The molecular weight excluding hydrogens is 243 g/mol. The third kappa shape index (κ3) is 4.26. The molecule has 1 rings (SSSR count). The van der Waals surface area contributed by atoms with Crippen LogP contribution in [0.4, 0.5) is 0 Å². The van der Waals surface area contributed by atoms with E-state index < -0.39 is 0 Å². The summed E-state index contributed by atoms with van der Waals surface area (Å²) < 4.78 is 5.83. The van der Waals surface area contributed by atoms with Crippen molar-refractivity contribution >= 4 is 25.4 Å². The first-order chi connectivity index (χ1) is 6.83. The molecule has 0 amide bonds. The molecule has 0 bridgehead atoms. The molecule has 2 nitrogen and oxygen atoms in total. The molecule has 0 spiro atoms. The van der Waals surface area contributed by atoms with Gasteiger partial charge in [0.2, 0.25) is 0 Å². The van der Waals surface area contributed by atoms with Gasteiger partial charge in [-0.05, 0) is 0 Å². The van der Waals surface area contributed by atoms with Crippen LogP contribution in [-0.4, -0.2) is 28.0 Å². The van der Waals surface area contributed by atoms with Gasteiger partial charge in [-0.1, -0.05) is 0 Å². The zero-order chi connectivity index (χ0) is 10.2. The minimum absolute atomic E-state index is 0.283. The molecule has 3 heteroatoms. The van der Waals surface area contributed by atoms with E-state index in [1.54, 1.807) is 0 Å². The van der Waals surface area contributed by atoms with Crippen molar-refractivity contribution < 1.29 is 9.53 Å². The standard InChI is InChI=1S/C11H12O2Se/c1-13-11(12)8-5-9-14-10-6-3-2-4-7-10/h2-8H,9H2,1H3. The summed E-state index contributed by atoms with van der Waals surface area (Å²) >= 11 is 0.409. The van der Waals surface area contributed by atoms with E-state index in [-0.39, 0.29) is 5.97 Å². The van der Waals surface area contributed by atoms with Gasteiger partial charge in [0.25, 0.3) is 0 Å². The van der Waals surface area contributed by atoms with Crippen molar-refractivity contribution in [2.24, 2.45) is 0 Å². The first-order valence-electron chi connectivity index (χ1n) is 4.25. The van der Waals surface area contributed by atoms with Crippen LogP contribution in [0.25, 0.3) is 0 Å². The van der Waals surface area contributed by atoms with Gasteiger partial charge in [0, 0.05) is 0 Å². The summed E-state index contributed by atoms with van der Waals surface area (Å²) in [7, 11) is 1.38. The van der Waals surface area contributed by atoms with Crippen molar-refractivity contribution in [2.75, 3.05) is 7.11 Å². The molecule has 0 radical (unpaired) electrons. The summed E-state index contributed by atoms with van der Waals surface area (Å²) in [5.41, 5.74) is 0. The average molecular weight is 255 g/mol. The number of esters is 1. The van der Waals surface area contributed by atoms with Gasteiger partial charge in [-0.25, -0.2) is 0 Å². The van der Waals surface area contributed by atoms with Gasteiger partial charge in [-0.15, -0.1) is 0 Å². The van der Waals surface area contributed by atoms with Gasteiger partial charge < -0.3 is 0 Å². The number of rotatable bonds is 4. The first kappa shape index (κ1) is 11.0. The Balaban J connectivity index is 2.29. The molecule has 0 N–H and O–H groups in total. The van der Waals surface area contributed by atoms with Crippen molar-refractivity contribution in [1.29, 1.82) is 0 Å². The van der Waals surface area contributed by atoms with Crippen molar-refractivity contribution in [3.05, 3.63) is 42.5 Å². The maximum absolute atomic E-state index is 10.7. The predicted molar refractivity (Wildman–Crippen MR) is 57.8 cm³/mol. The Labute approximate surface area is 90.1 Å². The fourth-order valence-electron chi connectivity index (χ4n) is 0.873. The van der Waals surface area contributed by atoms with Crippen LogP contribution in [0, 0.1) is 0 Å². The van der Waals surface area contributed by atoms with Gasteiger partial charge in [0.15, 0.2) is 0 Å². The van der Waals surface area contributed by atoms with Crippen LogP contribution in [0.1, 0.15) is 0 Å². The van der Waals surface area contributed by atoms with E-state index in [0.717, 1.165) is 5.32 Å². The molecule has 1 aromatic rings. The zero-order valence-electron chi connectivity index (χ0n) is 7.97. The van der Waals surface area contributed by atoms with Crippen molar-refractivity contribution in [1.82, 2.24) is 0 Å². The van der Waals surface area contributed by atoms with Crippen LogP contribution in [0.5, 0.6) is 0 Å². The molecule has 0 aliphatic heterocycles. The number of carbonyl (C=O) groups excluding carboxylic acids is 1. The van der Waals surface area contributed by atoms with Gasteiger partial charge in [-0.2, -0.15) is 0 Å². The predicted octanol–water partition coefficient (Wildman–Crippen LogP) is 1.16. The molecule has 0 aliphatic rings. The van der Waals surface area contributed by atoms with E-state index in [0.29, 0.717) is 15.0 Å². The van der Waals surface area contributed by atoms with Crippen LogP contribution >= 0.6 is 0 Å². The Bertz CT molecular complexity index is 306. The average Bonchev–Trinajstić information content (AvgIpc) is 2.25. The summed E-state index contributed by atoms with van der Waals surface area (Å²) in [5, 5.41) is 0.923. The van der Waals surface area contributed by atoms with Gasteiger partial charge >= 0.3 is 89.8 Å².